The van der Waals surface area contributed by atoms with Gasteiger partial charge < -0.3 is 4.42 Å². The molecule has 5 nitrogen and oxygen atoms in total. The number of hydrogen-bond acceptors (Lipinski definition) is 4. The Kier molecular flexibility index (Phi) is 5.18. The minimum Gasteiger partial charge on any atom is -0.407 e. The molecule has 0 unspecified atom stereocenters. The van der Waals surface area contributed by atoms with E-state index in [1.165, 1.54) is 17.7 Å². The van der Waals surface area contributed by atoms with E-state index in [0.29, 0.717) is 12.3 Å². The molecule has 0 aliphatic carbocycles. The molecule has 0 spiro atoms. The molecule has 0 fully saturated rings. The molecule has 25 heavy (non-hydrogen) atoms. The first-order valence-corrected chi connectivity index (χ1v) is 8.07. The Hall–Kier alpha value is -3.02. The lowest BCUT2D eigenvalue weighted by Crippen LogP contribution is -2.14. The van der Waals surface area contributed by atoms with Gasteiger partial charge in [0.05, 0.1) is 12.8 Å². The molecule has 0 aliphatic rings. The summed E-state index contributed by atoms with van der Waals surface area (Å²) in [6, 6.07) is 14.0. The molecule has 6 heteroatoms. The van der Waals surface area contributed by atoms with Gasteiger partial charge in [0.1, 0.15) is 5.82 Å². The van der Waals surface area contributed by atoms with Crippen molar-refractivity contribution >= 4 is 11.9 Å². The third-order valence-electron chi connectivity index (χ3n) is 3.78. The van der Waals surface area contributed by atoms with E-state index < -0.39 is 0 Å². The monoisotopic (exact) mass is 339 g/mol. The maximum atomic E-state index is 12.9. The number of halogens is 1. The second-order valence-corrected chi connectivity index (χ2v) is 5.70. The van der Waals surface area contributed by atoms with Gasteiger partial charge in [0, 0.05) is 0 Å². The van der Waals surface area contributed by atoms with E-state index in [9.17, 15) is 9.18 Å². The molecule has 1 N–H and O–H groups in total. The molecule has 0 saturated carbocycles. The second-order valence-electron chi connectivity index (χ2n) is 5.70. The van der Waals surface area contributed by atoms with Crippen LogP contribution in [-0.4, -0.2) is 16.1 Å². The Morgan fingerprint density at radius 1 is 1.00 bits per heavy atom. The highest BCUT2D eigenvalue weighted by molar-refractivity contribution is 5.90. The van der Waals surface area contributed by atoms with Crippen LogP contribution in [0.4, 0.5) is 10.4 Å². The number of carbonyl (C=O) groups is 1. The summed E-state index contributed by atoms with van der Waals surface area (Å²) < 4.78 is 18.3. The number of rotatable bonds is 6. The van der Waals surface area contributed by atoms with Gasteiger partial charge in [-0.15, -0.1) is 5.10 Å². The van der Waals surface area contributed by atoms with E-state index in [0.717, 1.165) is 17.5 Å². The molecule has 0 bridgehead atoms. The third kappa shape index (κ3) is 4.73. The molecular weight excluding hydrogens is 321 g/mol. The lowest BCUT2D eigenvalue weighted by molar-refractivity contribution is -0.115. The van der Waals surface area contributed by atoms with Crippen LogP contribution in [0.5, 0.6) is 0 Å². The summed E-state index contributed by atoms with van der Waals surface area (Å²) in [7, 11) is 0. The number of hydrogen-bond donors (Lipinski definition) is 1. The molecule has 3 aromatic rings. The first-order chi connectivity index (χ1) is 12.1. The normalized spacial score (nSPS) is 10.6. The summed E-state index contributed by atoms with van der Waals surface area (Å²) in [5.41, 5.74) is 2.99. The van der Waals surface area contributed by atoms with Crippen LogP contribution in [0.1, 0.15) is 29.5 Å². The maximum absolute atomic E-state index is 12.9. The fourth-order valence-electron chi connectivity index (χ4n) is 2.39. The Morgan fingerprint density at radius 3 is 2.32 bits per heavy atom. The van der Waals surface area contributed by atoms with Gasteiger partial charge in [-0.3, -0.25) is 10.1 Å². The van der Waals surface area contributed by atoms with E-state index in [1.807, 2.05) is 24.3 Å². The predicted molar refractivity (Wildman–Crippen MR) is 91.7 cm³/mol. The average Bonchev–Trinajstić information content (AvgIpc) is 3.04. The molecule has 1 aromatic heterocycles. The first kappa shape index (κ1) is 16.8. The van der Waals surface area contributed by atoms with Crippen molar-refractivity contribution in [3.8, 4) is 0 Å². The summed E-state index contributed by atoms with van der Waals surface area (Å²) in [6.07, 6.45) is 1.58. The zero-order valence-electron chi connectivity index (χ0n) is 13.8. The van der Waals surface area contributed by atoms with Crippen LogP contribution < -0.4 is 5.32 Å². The lowest BCUT2D eigenvalue weighted by Gasteiger charge is -2.02. The average molecular weight is 339 g/mol. The maximum Gasteiger partial charge on any atom is 0.322 e. The van der Waals surface area contributed by atoms with Crippen LogP contribution in [0.2, 0.25) is 0 Å². The smallest absolute Gasteiger partial charge is 0.322 e. The van der Waals surface area contributed by atoms with E-state index in [1.54, 1.807) is 12.1 Å². The molecule has 0 radical (unpaired) electrons. The van der Waals surface area contributed by atoms with Crippen LogP contribution >= 0.6 is 0 Å². The van der Waals surface area contributed by atoms with Gasteiger partial charge in [0.2, 0.25) is 11.8 Å². The number of aryl methyl sites for hydroxylation is 1. The Morgan fingerprint density at radius 2 is 1.64 bits per heavy atom. The minimum absolute atomic E-state index is 0.0623. The standard InChI is InChI=1S/C19H18FN3O2/c1-2-13-3-5-14(6-4-13)11-17(24)21-19-23-22-18(25-19)12-15-7-9-16(20)10-8-15/h3-10H,2,11-12H2,1H3,(H,21,23,24). The van der Waals surface area contributed by atoms with Gasteiger partial charge in [0.15, 0.2) is 0 Å². The topological polar surface area (TPSA) is 68.0 Å². The van der Waals surface area contributed by atoms with Crippen LogP contribution in [0.3, 0.4) is 0 Å². The number of aromatic nitrogens is 2. The highest BCUT2D eigenvalue weighted by atomic mass is 19.1. The minimum atomic E-state index is -0.297. The van der Waals surface area contributed by atoms with Gasteiger partial charge in [-0.25, -0.2) is 4.39 Å². The van der Waals surface area contributed by atoms with Crippen molar-refractivity contribution < 1.29 is 13.6 Å². The third-order valence-corrected chi connectivity index (χ3v) is 3.78. The van der Waals surface area contributed by atoms with Gasteiger partial charge in [0.25, 0.3) is 0 Å². The number of nitrogens with one attached hydrogen (secondary N) is 1. The molecule has 3 rings (SSSR count). The van der Waals surface area contributed by atoms with Crippen LogP contribution in [0.15, 0.2) is 52.9 Å². The van der Waals surface area contributed by atoms with Gasteiger partial charge in [-0.1, -0.05) is 48.4 Å². The van der Waals surface area contributed by atoms with Gasteiger partial charge >= 0.3 is 6.01 Å². The van der Waals surface area contributed by atoms with E-state index in [4.69, 9.17) is 4.42 Å². The summed E-state index contributed by atoms with van der Waals surface area (Å²) in [5, 5.41) is 10.3. The molecule has 0 aliphatic heterocycles. The number of benzene rings is 2. The summed E-state index contributed by atoms with van der Waals surface area (Å²) in [6.45, 7) is 2.08. The molecule has 128 valence electrons. The largest absolute Gasteiger partial charge is 0.407 e. The number of amides is 1. The fourth-order valence-corrected chi connectivity index (χ4v) is 2.39. The predicted octanol–water partition coefficient (Wildman–Crippen LogP) is 3.54. The molecule has 1 heterocycles. The fraction of sp³-hybridized carbons (Fsp3) is 0.211. The van der Waals surface area contributed by atoms with Crippen LogP contribution in [0.25, 0.3) is 0 Å². The van der Waals surface area contributed by atoms with E-state index in [-0.39, 0.29) is 24.2 Å². The van der Waals surface area contributed by atoms with Crippen molar-refractivity contribution in [1.29, 1.82) is 0 Å². The van der Waals surface area contributed by atoms with Crippen molar-refractivity contribution in [1.82, 2.24) is 10.2 Å². The van der Waals surface area contributed by atoms with Gasteiger partial charge in [-0.05, 0) is 35.2 Å². The SMILES string of the molecule is CCc1ccc(CC(=O)Nc2nnc(Cc3ccc(F)cc3)o2)cc1. The van der Waals surface area contributed by atoms with E-state index >= 15 is 0 Å². The lowest BCUT2D eigenvalue weighted by atomic mass is 10.1. The first-order valence-electron chi connectivity index (χ1n) is 8.07. The van der Waals surface area contributed by atoms with Crippen LogP contribution in [-0.2, 0) is 24.1 Å². The van der Waals surface area contributed by atoms with Crippen molar-refractivity contribution in [2.24, 2.45) is 0 Å². The van der Waals surface area contributed by atoms with Gasteiger partial charge in [-0.2, -0.15) is 0 Å². The van der Waals surface area contributed by atoms with E-state index in [2.05, 4.69) is 22.4 Å². The highest BCUT2D eigenvalue weighted by Crippen LogP contribution is 2.13. The number of nitrogens with zero attached hydrogens (tertiary/aromatic N) is 2. The summed E-state index contributed by atoms with van der Waals surface area (Å²) in [4.78, 5) is 12.1. The summed E-state index contributed by atoms with van der Waals surface area (Å²) >= 11 is 0. The summed E-state index contributed by atoms with van der Waals surface area (Å²) in [5.74, 6) is -0.162. The molecule has 0 saturated heterocycles. The quantitative estimate of drug-likeness (QED) is 0.746. The van der Waals surface area contributed by atoms with Crippen molar-refractivity contribution in [3.63, 3.8) is 0 Å². The molecule has 0 atom stereocenters. The van der Waals surface area contributed by atoms with Crippen molar-refractivity contribution in [2.45, 2.75) is 26.2 Å². The molecule has 1 amide bonds. The zero-order chi connectivity index (χ0) is 17.6. The highest BCUT2D eigenvalue weighted by Gasteiger charge is 2.11. The molecule has 2 aromatic carbocycles. The Balaban J connectivity index is 1.56. The van der Waals surface area contributed by atoms with Crippen molar-refractivity contribution in [2.75, 3.05) is 5.32 Å². The Bertz CT molecular complexity index is 842. The zero-order valence-corrected chi connectivity index (χ0v) is 13.8. The molecular formula is C19H18FN3O2. The van der Waals surface area contributed by atoms with Crippen molar-refractivity contribution in [3.05, 3.63) is 76.9 Å². The number of anilines is 1. The Labute approximate surface area is 144 Å². The second kappa shape index (κ2) is 7.70. The number of carbonyl (C=O) groups excluding carboxylic acids is 1. The van der Waals surface area contributed by atoms with Crippen LogP contribution in [0, 0.1) is 5.82 Å².